The fourth-order valence-electron chi connectivity index (χ4n) is 0. The molecule has 0 N–H and O–H groups in total. The van der Waals surface area contributed by atoms with Gasteiger partial charge in [0.25, 0.3) is 0 Å². The van der Waals surface area contributed by atoms with Gasteiger partial charge in [0, 0.05) is 36.5 Å². The van der Waals surface area contributed by atoms with Gasteiger partial charge >= 0.3 is 29.6 Å². The first kappa shape index (κ1) is 63.8. The molecule has 0 radical (unpaired) electrons. The summed E-state index contributed by atoms with van der Waals surface area (Å²) < 4.78 is 0. The predicted octanol–water partition coefficient (Wildman–Crippen LogP) is -1.62. The average Bonchev–Trinajstić information content (AvgIpc) is 0. The van der Waals surface area contributed by atoms with Crippen LogP contribution in [-0.4, -0.2) is 0 Å². The van der Waals surface area contributed by atoms with Gasteiger partial charge in [-0.05, 0) is 0 Å². The predicted molar refractivity (Wildman–Crippen MR) is 22.9 cm³/mol. The summed E-state index contributed by atoms with van der Waals surface area (Å²) in [4.78, 5) is 0. The molecule has 0 unspecified atom stereocenters. The van der Waals surface area contributed by atoms with E-state index in [0.717, 1.165) is 0 Å². The summed E-state index contributed by atoms with van der Waals surface area (Å²) in [5.41, 5.74) is 0. The summed E-state index contributed by atoms with van der Waals surface area (Å²) >= 11 is 0. The van der Waals surface area contributed by atoms with E-state index >= 15 is 0 Å². The Morgan fingerprint density at radius 3 is 0.833 bits per heavy atom. The Balaban J connectivity index is 0. The summed E-state index contributed by atoms with van der Waals surface area (Å²) in [6.45, 7) is 0. The van der Waals surface area contributed by atoms with Gasteiger partial charge in [0.1, 0.15) is 0 Å². The zero-order chi connectivity index (χ0) is 0. The fourth-order valence-corrected chi connectivity index (χ4v) is 0. The van der Waals surface area contributed by atoms with Crippen LogP contribution in [0, 0.1) is 0 Å². The van der Waals surface area contributed by atoms with Gasteiger partial charge in [0.15, 0.2) is 0 Å². The van der Waals surface area contributed by atoms with Crippen molar-refractivity contribution in [3.05, 3.63) is 0 Å². The molecule has 0 nitrogen and oxygen atoms in total. The van der Waals surface area contributed by atoms with Gasteiger partial charge in [-0.2, -0.15) is 0 Å². The van der Waals surface area contributed by atoms with Gasteiger partial charge in [-0.25, -0.2) is 0 Å². The van der Waals surface area contributed by atoms with E-state index in [1.807, 2.05) is 0 Å². The fraction of sp³-hybridized carbons (Fsp3) is 0. The Kier molecular flexibility index (Phi) is 461. The molecule has 0 spiro atoms. The van der Waals surface area contributed by atoms with E-state index in [0.29, 0.717) is 0 Å². The maximum absolute atomic E-state index is 0. The summed E-state index contributed by atoms with van der Waals surface area (Å²) in [7, 11) is 0. The van der Waals surface area contributed by atoms with Crippen LogP contribution in [0.1, 0.15) is 1.43 Å². The third-order valence-electron chi connectivity index (χ3n) is 0. The van der Waals surface area contributed by atoms with E-state index < -0.39 is 0 Å². The van der Waals surface area contributed by atoms with E-state index in [1.165, 1.54) is 0 Å². The summed E-state index contributed by atoms with van der Waals surface area (Å²) in [5.74, 6) is 0. The van der Waals surface area contributed by atoms with Crippen molar-refractivity contribution >= 4 is 37.2 Å². The monoisotopic (exact) mass is 252 g/mol. The SMILES string of the molecule is Cl.Cl.Cl.[Fe].[H-].[Na+].[Zn]. The van der Waals surface area contributed by atoms with Crippen molar-refractivity contribution in [2.75, 3.05) is 0 Å². The quantitative estimate of drug-likeness (QED) is 0.456. The van der Waals surface area contributed by atoms with Crippen molar-refractivity contribution in [3.8, 4) is 0 Å². The molecule has 0 aliphatic rings. The molecule has 0 bridgehead atoms. The smallest absolute Gasteiger partial charge is 1.00 e. The molecule has 0 atom stereocenters. The van der Waals surface area contributed by atoms with Gasteiger partial charge in [0.05, 0.1) is 0 Å². The number of hydrogen-bond acceptors (Lipinski definition) is 0. The maximum Gasteiger partial charge on any atom is 1.00 e. The van der Waals surface area contributed by atoms with Crippen molar-refractivity contribution < 1.29 is 67.5 Å². The summed E-state index contributed by atoms with van der Waals surface area (Å²) in [6, 6.07) is 0. The first-order chi connectivity index (χ1) is 0. The minimum Gasteiger partial charge on any atom is -1.00 e. The second-order valence-corrected chi connectivity index (χ2v) is 0. The van der Waals surface area contributed by atoms with Crippen LogP contribution in [0.4, 0.5) is 0 Å². The largest absolute Gasteiger partial charge is 1.00 e. The zero-order valence-electron chi connectivity index (χ0n) is 4.29. The van der Waals surface area contributed by atoms with Crippen LogP contribution < -0.4 is 29.6 Å². The van der Waals surface area contributed by atoms with Crippen LogP contribution in [0.25, 0.3) is 0 Å². The first-order valence-corrected chi connectivity index (χ1v) is 0. The van der Waals surface area contributed by atoms with E-state index in [2.05, 4.69) is 0 Å². The van der Waals surface area contributed by atoms with Crippen molar-refractivity contribution in [1.82, 2.24) is 0 Å². The molecule has 36 valence electrons. The molecule has 0 rings (SSSR count). The molecule has 0 saturated heterocycles. The van der Waals surface area contributed by atoms with E-state index in [1.54, 1.807) is 0 Å². The Morgan fingerprint density at radius 2 is 0.833 bits per heavy atom. The third-order valence-corrected chi connectivity index (χ3v) is 0. The van der Waals surface area contributed by atoms with Crippen LogP contribution in [0.3, 0.4) is 0 Å². The molecule has 0 saturated carbocycles. The number of hydrogen-bond donors (Lipinski definition) is 0. The average molecular weight is 255 g/mol. The molecule has 6 heavy (non-hydrogen) atoms. The Labute approximate surface area is 103 Å². The molecule has 0 fully saturated rings. The molecule has 6 heteroatoms. The second kappa shape index (κ2) is 43.4. The number of rotatable bonds is 0. The van der Waals surface area contributed by atoms with Crippen molar-refractivity contribution in [1.29, 1.82) is 0 Å². The van der Waals surface area contributed by atoms with Crippen molar-refractivity contribution in [3.63, 3.8) is 0 Å². The van der Waals surface area contributed by atoms with Gasteiger partial charge in [-0.1, -0.05) is 0 Å². The summed E-state index contributed by atoms with van der Waals surface area (Å²) in [6.07, 6.45) is 0. The van der Waals surface area contributed by atoms with Gasteiger partial charge in [0.2, 0.25) is 0 Å². The molecule has 0 amide bonds. The third kappa shape index (κ3) is 27.9. The Hall–Kier alpha value is 3.01. The molecular weight excluding hydrogens is 251 g/mol. The molecule has 0 aromatic carbocycles. The maximum atomic E-state index is 0. The van der Waals surface area contributed by atoms with Gasteiger partial charge in [-0.15, -0.1) is 37.2 Å². The Bertz CT molecular complexity index is 14.9. The molecule has 0 aliphatic heterocycles. The minimum absolute atomic E-state index is 0. The molecule has 0 aliphatic carbocycles. The van der Waals surface area contributed by atoms with Crippen LogP contribution in [0.15, 0.2) is 0 Å². The molecule has 0 aromatic heterocycles. The topological polar surface area (TPSA) is 0 Å². The van der Waals surface area contributed by atoms with E-state index in [-0.39, 0.29) is 105 Å². The van der Waals surface area contributed by atoms with Gasteiger partial charge in [-0.3, -0.25) is 0 Å². The zero-order valence-corrected chi connectivity index (χ0v) is 11.8. The van der Waals surface area contributed by atoms with Crippen LogP contribution in [0.5, 0.6) is 0 Å². The Morgan fingerprint density at radius 1 is 0.833 bits per heavy atom. The number of halogens is 3. The van der Waals surface area contributed by atoms with Crippen LogP contribution in [0.2, 0.25) is 0 Å². The molecule has 0 aromatic rings. The van der Waals surface area contributed by atoms with Crippen LogP contribution in [-0.2, 0) is 36.5 Å². The van der Waals surface area contributed by atoms with Crippen molar-refractivity contribution in [2.45, 2.75) is 0 Å². The normalized spacial score (nSPS) is 0. The summed E-state index contributed by atoms with van der Waals surface area (Å²) in [5, 5.41) is 0. The van der Waals surface area contributed by atoms with Crippen molar-refractivity contribution in [2.24, 2.45) is 0 Å². The van der Waals surface area contributed by atoms with E-state index in [4.69, 9.17) is 0 Å². The van der Waals surface area contributed by atoms with E-state index in [9.17, 15) is 0 Å². The standard InChI is InChI=1S/3ClH.Fe.Na.Zn.H/h3*1H;;;;/q;;;;+1;;-1. The first-order valence-electron chi connectivity index (χ1n) is 0. The second-order valence-electron chi connectivity index (χ2n) is 0. The molecule has 0 heterocycles. The molecular formula is H4Cl3FeNaZn. The van der Waals surface area contributed by atoms with Crippen LogP contribution >= 0.6 is 37.2 Å². The van der Waals surface area contributed by atoms with Gasteiger partial charge < -0.3 is 1.43 Å². The minimum atomic E-state index is 0.